The molecule has 0 amide bonds. The Kier molecular flexibility index (Phi) is 3.28. The molecule has 1 aromatic carbocycles. The van der Waals surface area contributed by atoms with Crippen molar-refractivity contribution in [1.29, 1.82) is 0 Å². The SMILES string of the molecule is C/C(=N\O)c1ccc(C(C)C)c(C)c1. The summed E-state index contributed by atoms with van der Waals surface area (Å²) in [6.07, 6.45) is 0. The molecule has 0 spiro atoms. The monoisotopic (exact) mass is 191 g/mol. The van der Waals surface area contributed by atoms with Crippen LogP contribution in [-0.2, 0) is 0 Å². The van der Waals surface area contributed by atoms with Gasteiger partial charge >= 0.3 is 0 Å². The number of aryl methyl sites for hydroxylation is 1. The van der Waals surface area contributed by atoms with Gasteiger partial charge in [0.1, 0.15) is 0 Å². The standard InChI is InChI=1S/C12H17NO/c1-8(2)12-6-5-11(7-9(12)3)10(4)13-14/h5-8,14H,1-4H3/b13-10+. The van der Waals surface area contributed by atoms with Crippen LogP contribution in [0.25, 0.3) is 0 Å². The fourth-order valence-electron chi connectivity index (χ4n) is 1.61. The highest BCUT2D eigenvalue weighted by Gasteiger charge is 2.05. The molecule has 0 heterocycles. The molecule has 0 aliphatic heterocycles. The van der Waals surface area contributed by atoms with E-state index in [1.54, 1.807) is 6.92 Å². The molecule has 0 saturated carbocycles. The van der Waals surface area contributed by atoms with Gasteiger partial charge in [-0.25, -0.2) is 0 Å². The van der Waals surface area contributed by atoms with Crippen molar-refractivity contribution in [3.8, 4) is 0 Å². The Morgan fingerprint density at radius 2 is 2.00 bits per heavy atom. The van der Waals surface area contributed by atoms with Crippen LogP contribution in [0.15, 0.2) is 23.4 Å². The molecule has 76 valence electrons. The molecule has 1 N–H and O–H groups in total. The van der Waals surface area contributed by atoms with Gasteiger partial charge in [0.25, 0.3) is 0 Å². The lowest BCUT2D eigenvalue weighted by molar-refractivity contribution is 0.319. The Bertz CT molecular complexity index is 353. The first-order chi connectivity index (χ1) is 6.56. The van der Waals surface area contributed by atoms with Gasteiger partial charge in [0.05, 0.1) is 5.71 Å². The third-order valence-corrected chi connectivity index (χ3v) is 2.46. The van der Waals surface area contributed by atoms with Crippen molar-refractivity contribution in [3.63, 3.8) is 0 Å². The maximum atomic E-state index is 8.65. The second kappa shape index (κ2) is 4.27. The molecular formula is C12H17NO. The zero-order valence-corrected chi connectivity index (χ0v) is 9.20. The minimum atomic E-state index is 0.537. The average molecular weight is 191 g/mol. The van der Waals surface area contributed by atoms with Gasteiger partial charge in [-0.1, -0.05) is 31.1 Å². The highest BCUT2D eigenvalue weighted by Crippen LogP contribution is 2.20. The smallest absolute Gasteiger partial charge is 0.0837 e. The first-order valence-electron chi connectivity index (χ1n) is 4.86. The first kappa shape index (κ1) is 10.8. The minimum Gasteiger partial charge on any atom is -0.411 e. The predicted octanol–water partition coefficient (Wildman–Crippen LogP) is 3.32. The third-order valence-electron chi connectivity index (χ3n) is 2.46. The number of hydrogen-bond acceptors (Lipinski definition) is 2. The van der Waals surface area contributed by atoms with E-state index < -0.39 is 0 Å². The average Bonchev–Trinajstić information content (AvgIpc) is 2.15. The Morgan fingerprint density at radius 3 is 2.43 bits per heavy atom. The van der Waals surface area contributed by atoms with Crippen LogP contribution in [0.2, 0.25) is 0 Å². The maximum Gasteiger partial charge on any atom is 0.0837 e. The molecule has 14 heavy (non-hydrogen) atoms. The summed E-state index contributed by atoms with van der Waals surface area (Å²) in [5, 5.41) is 11.8. The molecular weight excluding hydrogens is 174 g/mol. The fraction of sp³-hybridized carbons (Fsp3) is 0.417. The van der Waals surface area contributed by atoms with E-state index in [9.17, 15) is 0 Å². The van der Waals surface area contributed by atoms with E-state index >= 15 is 0 Å². The number of nitrogens with zero attached hydrogens (tertiary/aromatic N) is 1. The van der Waals surface area contributed by atoms with Crippen molar-refractivity contribution in [2.45, 2.75) is 33.6 Å². The van der Waals surface area contributed by atoms with Gasteiger partial charge < -0.3 is 5.21 Å². The molecule has 0 saturated heterocycles. The van der Waals surface area contributed by atoms with E-state index in [-0.39, 0.29) is 0 Å². The van der Waals surface area contributed by atoms with Crippen LogP contribution >= 0.6 is 0 Å². The van der Waals surface area contributed by atoms with Crippen molar-refractivity contribution in [2.24, 2.45) is 5.16 Å². The highest BCUT2D eigenvalue weighted by molar-refractivity contribution is 5.98. The second-order valence-electron chi connectivity index (χ2n) is 3.91. The Morgan fingerprint density at radius 1 is 1.36 bits per heavy atom. The lowest BCUT2D eigenvalue weighted by Crippen LogP contribution is -1.98. The molecule has 0 aliphatic carbocycles. The lowest BCUT2D eigenvalue weighted by atomic mass is 9.95. The van der Waals surface area contributed by atoms with Gasteiger partial charge in [-0.3, -0.25) is 0 Å². The third kappa shape index (κ3) is 2.13. The van der Waals surface area contributed by atoms with E-state index in [1.807, 2.05) is 6.07 Å². The van der Waals surface area contributed by atoms with Gasteiger partial charge in [0, 0.05) is 0 Å². The molecule has 0 fully saturated rings. The van der Waals surface area contributed by atoms with Crippen LogP contribution < -0.4 is 0 Å². The van der Waals surface area contributed by atoms with E-state index in [0.29, 0.717) is 11.6 Å². The Balaban J connectivity index is 3.13. The van der Waals surface area contributed by atoms with E-state index in [1.165, 1.54) is 11.1 Å². The molecule has 0 atom stereocenters. The van der Waals surface area contributed by atoms with Gasteiger partial charge in [0.15, 0.2) is 0 Å². The van der Waals surface area contributed by atoms with Crippen LogP contribution in [0.5, 0.6) is 0 Å². The minimum absolute atomic E-state index is 0.537. The molecule has 2 nitrogen and oxygen atoms in total. The molecule has 0 radical (unpaired) electrons. The van der Waals surface area contributed by atoms with Crippen molar-refractivity contribution in [2.75, 3.05) is 0 Å². The highest BCUT2D eigenvalue weighted by atomic mass is 16.4. The van der Waals surface area contributed by atoms with E-state index in [4.69, 9.17) is 5.21 Å². The maximum absolute atomic E-state index is 8.65. The predicted molar refractivity (Wildman–Crippen MR) is 59.3 cm³/mol. The first-order valence-corrected chi connectivity index (χ1v) is 4.86. The van der Waals surface area contributed by atoms with E-state index in [0.717, 1.165) is 5.56 Å². The number of oxime groups is 1. The van der Waals surface area contributed by atoms with E-state index in [2.05, 4.69) is 38.1 Å². The van der Waals surface area contributed by atoms with Gasteiger partial charge in [0.2, 0.25) is 0 Å². The van der Waals surface area contributed by atoms with Gasteiger partial charge in [-0.05, 0) is 42.5 Å². The zero-order chi connectivity index (χ0) is 10.7. The second-order valence-corrected chi connectivity index (χ2v) is 3.91. The Hall–Kier alpha value is -1.31. The van der Waals surface area contributed by atoms with Crippen LogP contribution in [0, 0.1) is 6.92 Å². The number of rotatable bonds is 2. The van der Waals surface area contributed by atoms with Crippen LogP contribution in [0.3, 0.4) is 0 Å². The van der Waals surface area contributed by atoms with Gasteiger partial charge in [-0.2, -0.15) is 0 Å². The summed E-state index contributed by atoms with van der Waals surface area (Å²) in [4.78, 5) is 0. The van der Waals surface area contributed by atoms with Crippen molar-refractivity contribution < 1.29 is 5.21 Å². The molecule has 0 bridgehead atoms. The summed E-state index contributed by atoms with van der Waals surface area (Å²) < 4.78 is 0. The summed E-state index contributed by atoms with van der Waals surface area (Å²) in [6, 6.07) is 6.16. The fourth-order valence-corrected chi connectivity index (χ4v) is 1.61. The number of benzene rings is 1. The molecule has 2 heteroatoms. The van der Waals surface area contributed by atoms with Crippen molar-refractivity contribution in [1.82, 2.24) is 0 Å². The van der Waals surface area contributed by atoms with Crippen molar-refractivity contribution >= 4 is 5.71 Å². The van der Waals surface area contributed by atoms with Crippen LogP contribution in [-0.4, -0.2) is 10.9 Å². The lowest BCUT2D eigenvalue weighted by Gasteiger charge is -2.10. The molecule has 1 rings (SSSR count). The number of hydrogen-bond donors (Lipinski definition) is 1. The molecule has 1 aromatic rings. The summed E-state index contributed by atoms with van der Waals surface area (Å²) >= 11 is 0. The quantitative estimate of drug-likeness (QED) is 0.434. The summed E-state index contributed by atoms with van der Waals surface area (Å²) in [7, 11) is 0. The summed E-state index contributed by atoms with van der Waals surface area (Å²) in [6.45, 7) is 8.23. The largest absolute Gasteiger partial charge is 0.411 e. The molecule has 0 aliphatic rings. The zero-order valence-electron chi connectivity index (χ0n) is 9.20. The van der Waals surface area contributed by atoms with Crippen molar-refractivity contribution in [3.05, 3.63) is 34.9 Å². The summed E-state index contributed by atoms with van der Waals surface area (Å²) in [5.74, 6) is 0.537. The van der Waals surface area contributed by atoms with Gasteiger partial charge in [-0.15, -0.1) is 0 Å². The summed E-state index contributed by atoms with van der Waals surface area (Å²) in [5.41, 5.74) is 4.23. The van der Waals surface area contributed by atoms with Crippen LogP contribution in [0.4, 0.5) is 0 Å². The topological polar surface area (TPSA) is 32.6 Å². The Labute approximate surface area is 85.3 Å². The van der Waals surface area contributed by atoms with Crippen LogP contribution in [0.1, 0.15) is 43.4 Å². The molecule has 0 unspecified atom stereocenters. The molecule has 0 aromatic heterocycles. The normalized spacial score (nSPS) is 12.2.